The number of nitrogens with one attached hydrogen (secondary N) is 1. The van der Waals surface area contributed by atoms with E-state index >= 15 is 0 Å². The van der Waals surface area contributed by atoms with Crippen molar-refractivity contribution < 1.29 is 4.74 Å². The van der Waals surface area contributed by atoms with Crippen molar-refractivity contribution in [1.29, 1.82) is 0 Å². The molecule has 27 heavy (non-hydrogen) atoms. The number of H-pyrrole nitrogens is 1. The lowest BCUT2D eigenvalue weighted by Gasteiger charge is -2.36. The zero-order chi connectivity index (χ0) is 18.2. The minimum atomic E-state index is 0.632. The van der Waals surface area contributed by atoms with Crippen LogP contribution in [0.1, 0.15) is 30.0 Å². The van der Waals surface area contributed by atoms with Crippen molar-refractivity contribution >= 4 is 16.6 Å². The van der Waals surface area contributed by atoms with E-state index in [0.29, 0.717) is 5.88 Å². The van der Waals surface area contributed by atoms with E-state index in [0.717, 1.165) is 49.5 Å². The van der Waals surface area contributed by atoms with Gasteiger partial charge >= 0.3 is 0 Å². The minimum Gasteiger partial charge on any atom is -0.480 e. The molecule has 0 radical (unpaired) electrons. The van der Waals surface area contributed by atoms with Crippen LogP contribution in [-0.2, 0) is 6.54 Å². The Morgan fingerprint density at radius 2 is 2.00 bits per heavy atom. The van der Waals surface area contributed by atoms with Gasteiger partial charge in [0.1, 0.15) is 6.33 Å². The van der Waals surface area contributed by atoms with Gasteiger partial charge in [-0.2, -0.15) is 5.10 Å². The van der Waals surface area contributed by atoms with Crippen molar-refractivity contribution in [2.24, 2.45) is 0 Å². The lowest BCUT2D eigenvalue weighted by Crippen LogP contribution is -2.46. The van der Waals surface area contributed by atoms with Crippen molar-refractivity contribution in [3.05, 3.63) is 42.0 Å². The summed E-state index contributed by atoms with van der Waals surface area (Å²) < 4.78 is 5.39. The molecule has 0 unspecified atom stereocenters. The topological polar surface area (TPSA) is 70.2 Å². The summed E-state index contributed by atoms with van der Waals surface area (Å²) in [5.74, 6) is 1.35. The second-order valence-electron chi connectivity index (χ2n) is 7.43. The maximum Gasteiger partial charge on any atom is 0.224 e. The molecule has 1 aliphatic carbocycles. The smallest absolute Gasteiger partial charge is 0.224 e. The van der Waals surface area contributed by atoms with Crippen molar-refractivity contribution in [1.82, 2.24) is 25.1 Å². The Morgan fingerprint density at radius 3 is 2.78 bits per heavy atom. The van der Waals surface area contributed by atoms with Crippen LogP contribution in [0.15, 0.2) is 30.7 Å². The fourth-order valence-corrected chi connectivity index (χ4v) is 3.96. The molecule has 0 spiro atoms. The molecule has 0 atom stereocenters. The summed E-state index contributed by atoms with van der Waals surface area (Å²) in [6, 6.07) is 6.34. The quantitative estimate of drug-likeness (QED) is 0.750. The summed E-state index contributed by atoms with van der Waals surface area (Å²) in [4.78, 5) is 13.5. The Morgan fingerprint density at radius 1 is 1.15 bits per heavy atom. The van der Waals surface area contributed by atoms with Gasteiger partial charge in [-0.3, -0.25) is 10.00 Å². The summed E-state index contributed by atoms with van der Waals surface area (Å²) in [6.07, 6.45) is 6.16. The predicted octanol–water partition coefficient (Wildman–Crippen LogP) is 2.56. The second-order valence-corrected chi connectivity index (χ2v) is 7.43. The Labute approximate surface area is 158 Å². The number of benzene rings is 1. The predicted molar refractivity (Wildman–Crippen MR) is 104 cm³/mol. The highest BCUT2D eigenvalue weighted by molar-refractivity contribution is 5.86. The molecule has 7 heteroatoms. The minimum absolute atomic E-state index is 0.632. The van der Waals surface area contributed by atoms with Gasteiger partial charge in [-0.1, -0.05) is 0 Å². The molecular formula is C20H24N6O. The molecule has 1 aromatic carbocycles. The Balaban J connectivity index is 1.27. The lowest BCUT2D eigenvalue weighted by atomic mass is 10.1. The number of hydrogen-bond acceptors (Lipinski definition) is 6. The first-order chi connectivity index (χ1) is 13.3. The van der Waals surface area contributed by atoms with Crippen LogP contribution in [0.25, 0.3) is 10.9 Å². The first kappa shape index (κ1) is 16.5. The Kier molecular flexibility index (Phi) is 4.16. The van der Waals surface area contributed by atoms with Crippen LogP contribution in [0, 0.1) is 0 Å². The number of fused-ring (bicyclic) bond motifs is 1. The van der Waals surface area contributed by atoms with Gasteiger partial charge in [0.2, 0.25) is 5.88 Å². The van der Waals surface area contributed by atoms with Crippen molar-refractivity contribution in [3.8, 4) is 5.88 Å². The fourth-order valence-electron chi connectivity index (χ4n) is 3.96. The number of nitrogens with zero attached hydrogens (tertiary/aromatic N) is 5. The number of aromatic nitrogens is 4. The zero-order valence-corrected chi connectivity index (χ0v) is 15.6. The standard InChI is InChI=1S/C20H24N6O/c1-27-20-17-10-16(4-5-18(17)21-13-22-20)26-8-6-25(7-9-26)12-15-11-23-24-19(15)14-2-3-14/h4-5,10-11,13-14H,2-3,6-9,12H2,1H3,(H,23,24). The second kappa shape index (κ2) is 6.81. The molecule has 3 heterocycles. The van der Waals surface area contributed by atoms with E-state index in [9.17, 15) is 0 Å². The van der Waals surface area contributed by atoms with Gasteiger partial charge in [-0.15, -0.1) is 0 Å². The van der Waals surface area contributed by atoms with E-state index in [1.807, 2.05) is 6.20 Å². The third-order valence-electron chi connectivity index (χ3n) is 5.64. The van der Waals surface area contributed by atoms with Gasteiger partial charge in [0.15, 0.2) is 0 Å². The molecule has 3 aromatic rings. The number of hydrogen-bond donors (Lipinski definition) is 1. The highest BCUT2D eigenvalue weighted by Crippen LogP contribution is 2.40. The summed E-state index contributed by atoms with van der Waals surface area (Å²) in [7, 11) is 1.65. The number of methoxy groups -OCH3 is 1. The molecule has 1 saturated heterocycles. The van der Waals surface area contributed by atoms with Gasteiger partial charge in [0, 0.05) is 55.6 Å². The molecule has 7 nitrogen and oxygen atoms in total. The van der Waals surface area contributed by atoms with E-state index in [2.05, 4.69) is 48.2 Å². The summed E-state index contributed by atoms with van der Waals surface area (Å²) in [6.45, 7) is 5.12. The number of anilines is 1. The monoisotopic (exact) mass is 364 g/mol. The van der Waals surface area contributed by atoms with Crippen LogP contribution < -0.4 is 9.64 Å². The molecule has 1 saturated carbocycles. The number of rotatable bonds is 5. The molecule has 5 rings (SSSR count). The van der Waals surface area contributed by atoms with Crippen molar-refractivity contribution in [2.45, 2.75) is 25.3 Å². The first-order valence-electron chi connectivity index (χ1n) is 9.60. The number of ether oxygens (including phenoxy) is 1. The summed E-state index contributed by atoms with van der Waals surface area (Å²) >= 11 is 0. The molecule has 2 aliphatic rings. The zero-order valence-electron chi connectivity index (χ0n) is 15.6. The molecular weight excluding hydrogens is 340 g/mol. The van der Waals surface area contributed by atoms with Crippen molar-refractivity contribution in [2.75, 3.05) is 38.2 Å². The van der Waals surface area contributed by atoms with Crippen molar-refractivity contribution in [3.63, 3.8) is 0 Å². The summed E-state index contributed by atoms with van der Waals surface area (Å²) in [5.41, 5.74) is 4.85. The first-order valence-corrected chi connectivity index (χ1v) is 9.60. The molecule has 1 aliphatic heterocycles. The summed E-state index contributed by atoms with van der Waals surface area (Å²) in [5, 5.41) is 8.45. The van der Waals surface area contributed by atoms with Crippen LogP contribution in [0.3, 0.4) is 0 Å². The number of aromatic amines is 1. The fraction of sp³-hybridized carbons (Fsp3) is 0.450. The van der Waals surface area contributed by atoms with Crippen LogP contribution in [0.5, 0.6) is 5.88 Å². The number of piperazine rings is 1. The third kappa shape index (κ3) is 3.23. The van der Waals surface area contributed by atoms with Crippen LogP contribution >= 0.6 is 0 Å². The van der Waals surface area contributed by atoms with Gasteiger partial charge in [-0.05, 0) is 31.0 Å². The Bertz CT molecular complexity index is 943. The highest BCUT2D eigenvalue weighted by Gasteiger charge is 2.28. The van der Waals surface area contributed by atoms with E-state index in [1.54, 1.807) is 13.4 Å². The molecule has 1 N–H and O–H groups in total. The van der Waals surface area contributed by atoms with Gasteiger partial charge < -0.3 is 9.64 Å². The maximum atomic E-state index is 5.39. The van der Waals surface area contributed by atoms with E-state index in [1.165, 1.54) is 29.8 Å². The SMILES string of the molecule is COc1ncnc2ccc(N3CCN(Cc4cn[nH]c4C4CC4)CC3)cc12. The van der Waals surface area contributed by atoms with Crippen LogP contribution in [0.4, 0.5) is 5.69 Å². The van der Waals surface area contributed by atoms with Gasteiger partial charge in [0.25, 0.3) is 0 Å². The van der Waals surface area contributed by atoms with Crippen LogP contribution in [-0.4, -0.2) is 58.4 Å². The molecule has 2 fully saturated rings. The molecule has 0 amide bonds. The average molecular weight is 364 g/mol. The normalized spacial score (nSPS) is 18.2. The van der Waals surface area contributed by atoms with Gasteiger partial charge in [0.05, 0.1) is 24.2 Å². The molecule has 0 bridgehead atoms. The molecule has 140 valence electrons. The maximum absolute atomic E-state index is 5.39. The Hall–Kier alpha value is -2.67. The largest absolute Gasteiger partial charge is 0.480 e. The lowest BCUT2D eigenvalue weighted by molar-refractivity contribution is 0.249. The van der Waals surface area contributed by atoms with Crippen LogP contribution in [0.2, 0.25) is 0 Å². The highest BCUT2D eigenvalue weighted by atomic mass is 16.5. The van der Waals surface area contributed by atoms with E-state index < -0.39 is 0 Å². The third-order valence-corrected chi connectivity index (χ3v) is 5.64. The van der Waals surface area contributed by atoms with Gasteiger partial charge in [-0.25, -0.2) is 9.97 Å². The average Bonchev–Trinajstić information content (AvgIpc) is 3.46. The molecule has 2 aromatic heterocycles. The van der Waals surface area contributed by atoms with E-state index in [4.69, 9.17) is 4.74 Å². The van der Waals surface area contributed by atoms with E-state index in [-0.39, 0.29) is 0 Å².